The highest BCUT2D eigenvalue weighted by molar-refractivity contribution is 5.96. The van der Waals surface area contributed by atoms with E-state index in [1.54, 1.807) is 13.2 Å². The molecule has 2 aliphatic heterocycles. The van der Waals surface area contributed by atoms with E-state index in [1.165, 1.54) is 32.1 Å². The summed E-state index contributed by atoms with van der Waals surface area (Å²) in [5.74, 6) is 1.54. The van der Waals surface area contributed by atoms with E-state index in [1.807, 2.05) is 43.0 Å². The van der Waals surface area contributed by atoms with Crippen LogP contribution >= 0.6 is 0 Å². The third-order valence-electron chi connectivity index (χ3n) is 8.97. The summed E-state index contributed by atoms with van der Waals surface area (Å²) in [4.78, 5) is 19.0. The van der Waals surface area contributed by atoms with Crippen LogP contribution in [-0.2, 0) is 0 Å². The molecule has 5 rings (SSSR count). The van der Waals surface area contributed by atoms with Gasteiger partial charge >= 0.3 is 0 Å². The molecule has 0 radical (unpaired) electrons. The molecule has 1 aliphatic carbocycles. The molecule has 234 valence electrons. The molecule has 2 aromatic carbocycles. The Bertz CT molecular complexity index is 1270. The van der Waals surface area contributed by atoms with E-state index in [4.69, 9.17) is 14.2 Å². The number of rotatable bonds is 11. The first-order valence-electron chi connectivity index (χ1n) is 16.2. The number of nitrogens with zero attached hydrogens (tertiary/aromatic N) is 2. The average molecular weight is 590 g/mol. The Balaban J connectivity index is 1.33. The molecule has 0 unspecified atom stereocenters. The molecule has 0 spiro atoms. The van der Waals surface area contributed by atoms with Crippen LogP contribution in [0.2, 0.25) is 0 Å². The molecule has 7 heteroatoms. The fourth-order valence-corrected chi connectivity index (χ4v) is 7.05. The van der Waals surface area contributed by atoms with E-state index in [0.717, 1.165) is 36.6 Å². The van der Waals surface area contributed by atoms with Crippen molar-refractivity contribution in [3.63, 3.8) is 0 Å². The largest absolute Gasteiger partial charge is 0.493 e. The third kappa shape index (κ3) is 8.12. The van der Waals surface area contributed by atoms with Gasteiger partial charge in [0.15, 0.2) is 11.5 Å². The Hall–Kier alpha value is -3.03. The van der Waals surface area contributed by atoms with Gasteiger partial charge in [-0.3, -0.25) is 9.69 Å². The number of carbonyl (C=O) groups is 1. The lowest BCUT2D eigenvalue weighted by molar-refractivity contribution is -0.0439. The quantitative estimate of drug-likeness (QED) is 0.312. The van der Waals surface area contributed by atoms with Crippen molar-refractivity contribution < 1.29 is 19.0 Å². The number of amides is 1. The van der Waals surface area contributed by atoms with Crippen molar-refractivity contribution in [1.82, 2.24) is 15.1 Å². The lowest BCUT2D eigenvalue weighted by Crippen LogP contribution is -2.46. The molecule has 0 bridgehead atoms. The Labute approximate surface area is 258 Å². The van der Waals surface area contributed by atoms with Crippen molar-refractivity contribution in [2.45, 2.75) is 97.1 Å². The summed E-state index contributed by atoms with van der Waals surface area (Å²) in [6, 6.07) is 15.5. The van der Waals surface area contributed by atoms with Crippen molar-refractivity contribution >= 4 is 12.0 Å². The molecule has 1 N–H and O–H groups in total. The highest BCUT2D eigenvalue weighted by Gasteiger charge is 2.37. The number of carbonyl (C=O) groups excluding carboxylic acids is 1. The Morgan fingerprint density at radius 3 is 2.56 bits per heavy atom. The topological polar surface area (TPSA) is 63.3 Å². The zero-order valence-electron chi connectivity index (χ0n) is 27.0. The van der Waals surface area contributed by atoms with Gasteiger partial charge in [-0.25, -0.2) is 0 Å². The predicted molar refractivity (Wildman–Crippen MR) is 173 cm³/mol. The summed E-state index contributed by atoms with van der Waals surface area (Å²) in [7, 11) is 1.60. The van der Waals surface area contributed by atoms with Gasteiger partial charge in [0, 0.05) is 57.2 Å². The Morgan fingerprint density at radius 1 is 1.12 bits per heavy atom. The number of hydrogen-bond donors (Lipinski definition) is 1. The minimum absolute atomic E-state index is 0.0117. The molecule has 43 heavy (non-hydrogen) atoms. The molecule has 1 saturated heterocycles. The van der Waals surface area contributed by atoms with Gasteiger partial charge in [-0.15, -0.1) is 0 Å². The first-order valence-corrected chi connectivity index (χ1v) is 16.2. The maximum absolute atomic E-state index is 14.3. The third-order valence-corrected chi connectivity index (χ3v) is 8.97. The summed E-state index contributed by atoms with van der Waals surface area (Å²) in [6.45, 7) is 13.8. The molecule has 1 amide bonds. The molecule has 2 heterocycles. The first-order chi connectivity index (χ1) is 20.6. The smallest absolute Gasteiger partial charge is 0.254 e. The van der Waals surface area contributed by atoms with Gasteiger partial charge in [0.1, 0.15) is 0 Å². The van der Waals surface area contributed by atoms with Crippen LogP contribution in [0.3, 0.4) is 0 Å². The van der Waals surface area contributed by atoms with Crippen molar-refractivity contribution in [2.24, 2.45) is 5.92 Å². The van der Waals surface area contributed by atoms with Crippen molar-refractivity contribution in [3.8, 4) is 17.2 Å². The number of hydrogen-bond acceptors (Lipinski definition) is 6. The maximum Gasteiger partial charge on any atom is 0.254 e. The van der Waals surface area contributed by atoms with Crippen LogP contribution in [0.4, 0.5) is 0 Å². The fraction of sp³-hybridized carbons (Fsp3) is 0.583. The number of benzene rings is 2. The van der Waals surface area contributed by atoms with Gasteiger partial charge in [0.2, 0.25) is 11.5 Å². The van der Waals surface area contributed by atoms with Crippen molar-refractivity contribution in [2.75, 3.05) is 33.3 Å². The molecule has 2 fully saturated rings. The second-order valence-electron chi connectivity index (χ2n) is 13.5. The van der Waals surface area contributed by atoms with Crippen LogP contribution in [0.25, 0.3) is 6.08 Å². The van der Waals surface area contributed by atoms with Gasteiger partial charge in [-0.1, -0.05) is 55.8 Å². The molecule has 7 nitrogen and oxygen atoms in total. The number of likely N-dealkylation sites (tertiary alicyclic amines) is 1. The zero-order chi connectivity index (χ0) is 30.6. The highest BCUT2D eigenvalue weighted by atomic mass is 16.7. The number of fused-ring (bicyclic) bond motifs is 1. The summed E-state index contributed by atoms with van der Waals surface area (Å²) in [5.41, 5.74) is 2.85. The van der Waals surface area contributed by atoms with Crippen LogP contribution in [0.15, 0.2) is 48.0 Å². The fourth-order valence-electron chi connectivity index (χ4n) is 7.05. The number of nitrogens with one attached hydrogen (secondary N) is 1. The summed E-state index contributed by atoms with van der Waals surface area (Å²) < 4.78 is 17.6. The Morgan fingerprint density at radius 2 is 1.86 bits per heavy atom. The lowest BCUT2D eigenvalue weighted by atomic mass is 9.85. The summed E-state index contributed by atoms with van der Waals surface area (Å²) >= 11 is 0. The molecule has 1 saturated carbocycles. The van der Waals surface area contributed by atoms with Crippen LogP contribution < -0.4 is 19.5 Å². The second kappa shape index (κ2) is 13.7. The second-order valence-corrected chi connectivity index (χ2v) is 13.5. The minimum atomic E-state index is -0.805. The molecule has 0 aromatic heterocycles. The molecule has 2 aromatic rings. The van der Waals surface area contributed by atoms with Gasteiger partial charge in [-0.2, -0.15) is 0 Å². The average Bonchev–Trinajstić information content (AvgIpc) is 3.54. The summed E-state index contributed by atoms with van der Waals surface area (Å²) in [6.07, 6.45) is 9.57. The highest BCUT2D eigenvalue weighted by Crippen LogP contribution is 2.47. The minimum Gasteiger partial charge on any atom is -0.493 e. The van der Waals surface area contributed by atoms with Gasteiger partial charge in [0.05, 0.1) is 7.11 Å². The molecular weight excluding hydrogens is 538 g/mol. The molecule has 1 atom stereocenters. The van der Waals surface area contributed by atoms with Crippen LogP contribution in [0.5, 0.6) is 17.2 Å². The lowest BCUT2D eigenvalue weighted by Gasteiger charge is -2.36. The summed E-state index contributed by atoms with van der Waals surface area (Å²) in [5, 5.41) is 3.73. The SMILES string of the molecule is COc1cc(C(=O)N(CC(C)=Cc2ccccc2)C[C@@H]2CCCN2CC2CCC(NC(C)C)CC2)cc2c1OC(C)(C)O2. The normalized spacial score (nSPS) is 23.5. The van der Waals surface area contributed by atoms with Crippen LogP contribution in [0.1, 0.15) is 89.1 Å². The van der Waals surface area contributed by atoms with E-state index in [0.29, 0.717) is 54.0 Å². The van der Waals surface area contributed by atoms with Crippen LogP contribution in [-0.4, -0.2) is 72.9 Å². The van der Waals surface area contributed by atoms with Gasteiger partial charge in [0.25, 0.3) is 5.91 Å². The van der Waals surface area contributed by atoms with E-state index < -0.39 is 5.79 Å². The van der Waals surface area contributed by atoms with E-state index >= 15 is 0 Å². The van der Waals surface area contributed by atoms with E-state index in [9.17, 15) is 4.79 Å². The van der Waals surface area contributed by atoms with Crippen molar-refractivity contribution in [1.29, 1.82) is 0 Å². The number of ether oxygens (including phenoxy) is 3. The zero-order valence-corrected chi connectivity index (χ0v) is 27.0. The molecule has 3 aliphatic rings. The predicted octanol–water partition coefficient (Wildman–Crippen LogP) is 6.77. The van der Waals surface area contributed by atoms with Gasteiger partial charge < -0.3 is 24.4 Å². The standard InChI is InChI=1S/C36H51N3O4/c1-25(2)37-30-16-14-28(15-17-30)23-38-18-10-13-31(38)24-39(22-26(3)19-27-11-8-7-9-12-27)35(40)29-20-32(41-6)34-33(21-29)42-36(4,5)43-34/h7-9,11-12,19-21,25,28,30-31,37H,10,13-18,22-24H2,1-6H3/t28?,30?,31-/m0/s1. The van der Waals surface area contributed by atoms with Gasteiger partial charge in [-0.05, 0) is 75.6 Å². The van der Waals surface area contributed by atoms with Crippen LogP contribution in [0, 0.1) is 5.92 Å². The Kier molecular flexibility index (Phi) is 10.0. The first kappa shape index (κ1) is 31.4. The number of methoxy groups -OCH3 is 1. The van der Waals surface area contributed by atoms with Crippen molar-refractivity contribution in [3.05, 3.63) is 59.2 Å². The van der Waals surface area contributed by atoms with E-state index in [-0.39, 0.29) is 5.91 Å². The maximum atomic E-state index is 14.3. The van der Waals surface area contributed by atoms with E-state index in [2.05, 4.69) is 49.2 Å². The molecular formula is C36H51N3O4. The monoisotopic (exact) mass is 589 g/mol.